The van der Waals surface area contributed by atoms with E-state index < -0.39 is 0 Å². The van der Waals surface area contributed by atoms with Crippen molar-refractivity contribution in [2.75, 3.05) is 0 Å². The van der Waals surface area contributed by atoms with Crippen molar-refractivity contribution < 1.29 is 0 Å². The predicted molar refractivity (Wildman–Crippen MR) is 84.7 cm³/mol. The van der Waals surface area contributed by atoms with Gasteiger partial charge in [-0.25, -0.2) is 0 Å². The van der Waals surface area contributed by atoms with Crippen molar-refractivity contribution in [2.24, 2.45) is 11.8 Å². The highest BCUT2D eigenvalue weighted by Crippen LogP contribution is 2.59. The Balaban J connectivity index is 1.99. The highest BCUT2D eigenvalue weighted by Gasteiger charge is 2.49. The molecule has 0 amide bonds. The van der Waals surface area contributed by atoms with Gasteiger partial charge in [0.05, 0.1) is 0 Å². The fraction of sp³-hybridized carbons (Fsp3) is 0.300. The van der Waals surface area contributed by atoms with Gasteiger partial charge in [0, 0.05) is 5.41 Å². The molecule has 1 fully saturated rings. The van der Waals surface area contributed by atoms with Gasteiger partial charge in [-0.2, -0.15) is 0 Å². The Morgan fingerprint density at radius 3 is 2.00 bits per heavy atom. The van der Waals surface area contributed by atoms with Crippen LogP contribution in [0.1, 0.15) is 30.9 Å². The summed E-state index contributed by atoms with van der Waals surface area (Å²) in [7, 11) is 0. The quantitative estimate of drug-likeness (QED) is 0.619. The molecule has 0 N–H and O–H groups in total. The highest BCUT2D eigenvalue weighted by molar-refractivity contribution is 5.81. The van der Waals surface area contributed by atoms with E-state index in [1.54, 1.807) is 0 Å². The van der Waals surface area contributed by atoms with E-state index in [0.717, 1.165) is 0 Å². The van der Waals surface area contributed by atoms with Gasteiger partial charge in [-0.05, 0) is 46.9 Å². The first kappa shape index (κ1) is 12.0. The van der Waals surface area contributed by atoms with Gasteiger partial charge in [0.2, 0.25) is 0 Å². The van der Waals surface area contributed by atoms with Crippen molar-refractivity contribution >= 4 is 0 Å². The van der Waals surface area contributed by atoms with Crippen LogP contribution in [0.3, 0.4) is 0 Å². The van der Waals surface area contributed by atoms with E-state index in [0.29, 0.717) is 11.8 Å². The lowest BCUT2D eigenvalue weighted by Gasteiger charge is -2.27. The van der Waals surface area contributed by atoms with Gasteiger partial charge in [0.1, 0.15) is 0 Å². The van der Waals surface area contributed by atoms with Crippen LogP contribution in [0.25, 0.3) is 11.1 Å². The summed E-state index contributed by atoms with van der Waals surface area (Å²) in [6, 6.07) is 18.0. The molecule has 20 heavy (non-hydrogen) atoms. The van der Waals surface area contributed by atoms with Crippen molar-refractivity contribution in [3.8, 4) is 11.1 Å². The standard InChI is InChI=1S/C20H20/c1-3-15-13-20(12-14(15)2)18-10-6-4-8-16(18)17-9-5-7-11-19(17)20/h3-11,14-15H,1,12-13H2,2H3/t14-,15-/m1/s1. The second-order valence-electron chi connectivity index (χ2n) is 6.46. The molecule has 0 radical (unpaired) electrons. The fourth-order valence-electron chi connectivity index (χ4n) is 4.56. The Bertz CT molecular complexity index is 634. The zero-order chi connectivity index (χ0) is 13.7. The third-order valence-electron chi connectivity index (χ3n) is 5.46. The number of hydrogen-bond acceptors (Lipinski definition) is 0. The molecule has 2 atom stereocenters. The summed E-state index contributed by atoms with van der Waals surface area (Å²) in [5.74, 6) is 1.35. The maximum Gasteiger partial charge on any atom is 0.0223 e. The topological polar surface area (TPSA) is 0 Å². The van der Waals surface area contributed by atoms with E-state index >= 15 is 0 Å². The molecule has 0 aliphatic heterocycles. The molecule has 0 heteroatoms. The van der Waals surface area contributed by atoms with E-state index in [2.05, 4.69) is 68.1 Å². The number of rotatable bonds is 1. The number of allylic oxidation sites excluding steroid dienone is 1. The Kier molecular flexibility index (Phi) is 2.44. The average molecular weight is 260 g/mol. The molecule has 2 aliphatic carbocycles. The monoisotopic (exact) mass is 260 g/mol. The number of benzene rings is 2. The third kappa shape index (κ3) is 1.37. The summed E-state index contributed by atoms with van der Waals surface area (Å²) >= 11 is 0. The van der Waals surface area contributed by atoms with E-state index in [1.165, 1.54) is 35.1 Å². The first-order chi connectivity index (χ1) is 9.76. The molecule has 4 rings (SSSR count). The van der Waals surface area contributed by atoms with Crippen LogP contribution in [0.2, 0.25) is 0 Å². The molecule has 2 aromatic rings. The molecule has 1 saturated carbocycles. The molecule has 0 saturated heterocycles. The van der Waals surface area contributed by atoms with Gasteiger partial charge in [0.15, 0.2) is 0 Å². The second-order valence-corrected chi connectivity index (χ2v) is 6.46. The predicted octanol–water partition coefficient (Wildman–Crippen LogP) is 5.19. The van der Waals surface area contributed by atoms with Crippen LogP contribution >= 0.6 is 0 Å². The fourth-order valence-corrected chi connectivity index (χ4v) is 4.56. The first-order valence-corrected chi connectivity index (χ1v) is 7.58. The smallest absolute Gasteiger partial charge is 0.0223 e. The number of fused-ring (bicyclic) bond motifs is 5. The first-order valence-electron chi connectivity index (χ1n) is 7.58. The Morgan fingerprint density at radius 2 is 1.50 bits per heavy atom. The van der Waals surface area contributed by atoms with Gasteiger partial charge >= 0.3 is 0 Å². The molecule has 0 heterocycles. The van der Waals surface area contributed by atoms with Crippen molar-refractivity contribution in [1.82, 2.24) is 0 Å². The zero-order valence-electron chi connectivity index (χ0n) is 12.0. The van der Waals surface area contributed by atoms with Gasteiger partial charge in [-0.1, -0.05) is 61.5 Å². The number of hydrogen-bond donors (Lipinski definition) is 0. The minimum atomic E-state index is 0.228. The Hall–Kier alpha value is -1.82. The third-order valence-corrected chi connectivity index (χ3v) is 5.46. The summed E-state index contributed by atoms with van der Waals surface area (Å²) in [6.07, 6.45) is 4.63. The van der Waals surface area contributed by atoms with Crippen LogP contribution in [-0.4, -0.2) is 0 Å². The molecule has 2 aliphatic rings. The molecule has 0 nitrogen and oxygen atoms in total. The van der Waals surface area contributed by atoms with E-state index in [1.807, 2.05) is 0 Å². The van der Waals surface area contributed by atoms with Crippen LogP contribution in [0.4, 0.5) is 0 Å². The Labute approximate surface area is 121 Å². The highest BCUT2D eigenvalue weighted by atomic mass is 14.5. The summed E-state index contributed by atoms with van der Waals surface area (Å²) in [5.41, 5.74) is 6.20. The maximum atomic E-state index is 4.06. The van der Waals surface area contributed by atoms with Crippen LogP contribution < -0.4 is 0 Å². The minimum Gasteiger partial charge on any atom is -0.103 e. The van der Waals surface area contributed by atoms with Crippen LogP contribution in [0, 0.1) is 11.8 Å². The molecule has 0 aromatic heterocycles. The lowest BCUT2D eigenvalue weighted by atomic mass is 9.76. The lowest BCUT2D eigenvalue weighted by Crippen LogP contribution is -2.21. The molecule has 1 spiro atoms. The molecule has 100 valence electrons. The SMILES string of the molecule is C=C[C@@H]1CC2(C[C@H]1C)c1ccccc1-c1ccccc12. The molecule has 0 bridgehead atoms. The average Bonchev–Trinajstić information content (AvgIpc) is 2.97. The molecular weight excluding hydrogens is 240 g/mol. The summed E-state index contributed by atoms with van der Waals surface area (Å²) in [5, 5.41) is 0. The maximum absolute atomic E-state index is 4.06. The van der Waals surface area contributed by atoms with Gasteiger partial charge < -0.3 is 0 Å². The largest absolute Gasteiger partial charge is 0.103 e. The van der Waals surface area contributed by atoms with Gasteiger partial charge in [-0.3, -0.25) is 0 Å². The summed E-state index contributed by atoms with van der Waals surface area (Å²) in [4.78, 5) is 0. The molecular formula is C20H20. The lowest BCUT2D eigenvalue weighted by molar-refractivity contribution is 0.498. The van der Waals surface area contributed by atoms with Crippen LogP contribution in [0.15, 0.2) is 61.2 Å². The molecule has 0 unspecified atom stereocenters. The van der Waals surface area contributed by atoms with Gasteiger partial charge in [0.25, 0.3) is 0 Å². The summed E-state index contributed by atoms with van der Waals surface area (Å²) in [6.45, 7) is 6.44. The van der Waals surface area contributed by atoms with E-state index in [9.17, 15) is 0 Å². The summed E-state index contributed by atoms with van der Waals surface area (Å²) < 4.78 is 0. The molecule has 2 aromatic carbocycles. The Morgan fingerprint density at radius 1 is 0.950 bits per heavy atom. The van der Waals surface area contributed by atoms with E-state index in [4.69, 9.17) is 0 Å². The van der Waals surface area contributed by atoms with E-state index in [-0.39, 0.29) is 5.41 Å². The van der Waals surface area contributed by atoms with Gasteiger partial charge in [-0.15, -0.1) is 6.58 Å². The zero-order valence-corrected chi connectivity index (χ0v) is 12.0. The van der Waals surface area contributed by atoms with Crippen molar-refractivity contribution in [3.63, 3.8) is 0 Å². The van der Waals surface area contributed by atoms with Crippen LogP contribution in [-0.2, 0) is 5.41 Å². The van der Waals surface area contributed by atoms with Crippen molar-refractivity contribution in [1.29, 1.82) is 0 Å². The van der Waals surface area contributed by atoms with Crippen molar-refractivity contribution in [2.45, 2.75) is 25.2 Å². The van der Waals surface area contributed by atoms with Crippen LogP contribution in [0.5, 0.6) is 0 Å². The van der Waals surface area contributed by atoms with Crippen molar-refractivity contribution in [3.05, 3.63) is 72.3 Å². The minimum absolute atomic E-state index is 0.228. The second kappa shape index (κ2) is 4.09. The normalized spacial score (nSPS) is 25.4.